The molecule has 0 aliphatic carbocycles. The minimum absolute atomic E-state index is 0.199. The number of nitrogens with zero attached hydrogens (tertiary/aromatic N) is 1. The number of carboxylic acids is 1. The normalized spacial score (nSPS) is 11.9. The fourth-order valence-electron chi connectivity index (χ4n) is 1.57. The van der Waals surface area contributed by atoms with Crippen molar-refractivity contribution in [3.05, 3.63) is 30.1 Å². The highest BCUT2D eigenvalue weighted by Gasteiger charge is 2.32. The number of carboxylic acid groups (broad SMARTS) is 1. The van der Waals surface area contributed by atoms with Crippen molar-refractivity contribution in [3.8, 4) is 0 Å². The molecule has 90 valence electrons. The summed E-state index contributed by atoms with van der Waals surface area (Å²) in [6.45, 7) is 0. The van der Waals surface area contributed by atoms with E-state index in [0.29, 0.717) is 11.0 Å². The Morgan fingerprint density at radius 2 is 2.24 bits per heavy atom. The van der Waals surface area contributed by atoms with E-state index in [9.17, 15) is 13.6 Å². The maximum absolute atomic E-state index is 13.7. The maximum atomic E-state index is 13.7. The minimum Gasteiger partial charge on any atom is -0.481 e. The zero-order valence-corrected chi connectivity index (χ0v) is 8.78. The van der Waals surface area contributed by atoms with Gasteiger partial charge in [-0.1, -0.05) is 6.07 Å². The number of hydrogen-bond donors (Lipinski definition) is 2. The van der Waals surface area contributed by atoms with Crippen molar-refractivity contribution in [1.29, 1.82) is 0 Å². The molecule has 2 aromatic rings. The van der Waals surface area contributed by atoms with Gasteiger partial charge in [-0.15, -0.1) is 0 Å². The quantitative estimate of drug-likeness (QED) is 0.862. The first-order valence-corrected chi connectivity index (χ1v) is 5.02. The molecule has 0 spiro atoms. The first kappa shape index (κ1) is 11.5. The van der Waals surface area contributed by atoms with Gasteiger partial charge in [-0.3, -0.25) is 4.79 Å². The van der Waals surface area contributed by atoms with Gasteiger partial charge in [0.2, 0.25) is 0 Å². The number of nitrogens with one attached hydrogen (secondary N) is 1. The van der Waals surface area contributed by atoms with E-state index in [0.717, 1.165) is 0 Å². The predicted molar refractivity (Wildman–Crippen MR) is 56.9 cm³/mol. The largest absolute Gasteiger partial charge is 0.481 e. The van der Waals surface area contributed by atoms with Crippen molar-refractivity contribution < 1.29 is 18.7 Å². The molecule has 0 amide bonds. The molecule has 0 saturated heterocycles. The van der Waals surface area contributed by atoms with E-state index in [1.165, 1.54) is 24.5 Å². The fourth-order valence-corrected chi connectivity index (χ4v) is 1.57. The summed E-state index contributed by atoms with van der Waals surface area (Å²) in [5, 5.41) is 8.41. The van der Waals surface area contributed by atoms with Crippen molar-refractivity contribution in [1.82, 2.24) is 9.97 Å². The lowest BCUT2D eigenvalue weighted by molar-refractivity contribution is -0.139. The highest BCUT2D eigenvalue weighted by Crippen LogP contribution is 2.33. The van der Waals surface area contributed by atoms with Crippen molar-refractivity contribution >= 4 is 17.0 Å². The molecule has 2 N–H and O–H groups in total. The Morgan fingerprint density at radius 3 is 2.94 bits per heavy atom. The van der Waals surface area contributed by atoms with Gasteiger partial charge < -0.3 is 10.1 Å². The molecule has 0 radical (unpaired) electrons. The van der Waals surface area contributed by atoms with Crippen molar-refractivity contribution in [2.45, 2.75) is 18.8 Å². The van der Waals surface area contributed by atoms with E-state index in [4.69, 9.17) is 5.11 Å². The van der Waals surface area contributed by atoms with Gasteiger partial charge in [0, 0.05) is 12.0 Å². The Labute approximate surface area is 95.3 Å². The van der Waals surface area contributed by atoms with Crippen LogP contribution in [0.15, 0.2) is 24.5 Å². The molecule has 4 nitrogen and oxygen atoms in total. The van der Waals surface area contributed by atoms with Gasteiger partial charge in [0.1, 0.15) is 0 Å². The van der Waals surface area contributed by atoms with Gasteiger partial charge >= 0.3 is 5.97 Å². The summed E-state index contributed by atoms with van der Waals surface area (Å²) in [7, 11) is 0. The third-order valence-electron chi connectivity index (χ3n) is 2.50. The average Bonchev–Trinajstić information content (AvgIpc) is 2.73. The summed E-state index contributed by atoms with van der Waals surface area (Å²) in [4.78, 5) is 17.0. The number of carbonyl (C=O) groups is 1. The first-order chi connectivity index (χ1) is 7.99. The highest BCUT2D eigenvalue weighted by atomic mass is 19.3. The van der Waals surface area contributed by atoms with Crippen molar-refractivity contribution in [2.75, 3.05) is 0 Å². The lowest BCUT2D eigenvalue weighted by atomic mass is 10.0. The summed E-state index contributed by atoms with van der Waals surface area (Å²) in [5.74, 6) is -4.37. The number of imidazole rings is 1. The lowest BCUT2D eigenvalue weighted by Gasteiger charge is -2.15. The maximum Gasteiger partial charge on any atom is 0.303 e. The number of aromatic amines is 1. The number of hydrogen-bond acceptors (Lipinski definition) is 2. The molecule has 0 aliphatic rings. The number of H-pyrrole nitrogens is 1. The predicted octanol–water partition coefficient (Wildman–Crippen LogP) is 2.52. The van der Waals surface area contributed by atoms with Crippen LogP contribution in [0.25, 0.3) is 11.0 Å². The molecule has 0 unspecified atom stereocenters. The number of benzene rings is 1. The minimum atomic E-state index is -3.14. The van der Waals surface area contributed by atoms with Gasteiger partial charge in [-0.25, -0.2) is 13.8 Å². The van der Waals surface area contributed by atoms with E-state index < -0.39 is 24.7 Å². The molecule has 6 heteroatoms. The topological polar surface area (TPSA) is 66.0 Å². The van der Waals surface area contributed by atoms with Crippen LogP contribution in [0.2, 0.25) is 0 Å². The van der Waals surface area contributed by atoms with Crippen molar-refractivity contribution in [2.24, 2.45) is 0 Å². The van der Waals surface area contributed by atoms with E-state index in [-0.39, 0.29) is 5.56 Å². The molecule has 1 aromatic carbocycles. The molecule has 0 bridgehead atoms. The van der Waals surface area contributed by atoms with Gasteiger partial charge in [0.25, 0.3) is 5.92 Å². The zero-order chi connectivity index (χ0) is 12.5. The summed E-state index contributed by atoms with van der Waals surface area (Å²) in [5.41, 5.74) is 0.913. The highest BCUT2D eigenvalue weighted by molar-refractivity contribution is 5.75. The number of alkyl halides is 2. The number of halogens is 2. The molecule has 0 aliphatic heterocycles. The smallest absolute Gasteiger partial charge is 0.303 e. The van der Waals surface area contributed by atoms with Gasteiger partial charge in [0.15, 0.2) is 0 Å². The summed E-state index contributed by atoms with van der Waals surface area (Å²) >= 11 is 0. The van der Waals surface area contributed by atoms with Gasteiger partial charge in [0.05, 0.1) is 23.8 Å². The van der Waals surface area contributed by atoms with Gasteiger partial charge in [-0.05, 0) is 12.1 Å². The Bertz CT molecular complexity index is 551. The first-order valence-electron chi connectivity index (χ1n) is 5.02. The van der Waals surface area contributed by atoms with Crippen LogP contribution in [0.4, 0.5) is 8.78 Å². The molecule has 17 heavy (non-hydrogen) atoms. The molecule has 1 aromatic heterocycles. The van der Waals surface area contributed by atoms with Crippen LogP contribution in [-0.4, -0.2) is 21.0 Å². The van der Waals surface area contributed by atoms with Crippen LogP contribution < -0.4 is 0 Å². The third-order valence-corrected chi connectivity index (χ3v) is 2.50. The second kappa shape index (κ2) is 4.12. The molecular formula is C11H10F2N2O2. The van der Waals surface area contributed by atoms with E-state index in [1.807, 2.05) is 0 Å². The standard InChI is InChI=1S/C11H10F2N2O2/c12-11(13,4-3-10(16)17)7-1-2-8-9(5-7)15-6-14-8/h1-2,5-6H,3-4H2,(H,14,15)(H,16,17). The SMILES string of the molecule is O=C(O)CCC(F)(F)c1ccc2nc[nH]c2c1. The fraction of sp³-hybridized carbons (Fsp3) is 0.273. The number of aromatic nitrogens is 2. The second-order valence-corrected chi connectivity index (χ2v) is 3.73. The van der Waals surface area contributed by atoms with Gasteiger partial charge in [-0.2, -0.15) is 0 Å². The number of rotatable bonds is 4. The summed E-state index contributed by atoms with van der Waals surface area (Å²) in [6, 6.07) is 4.05. The molecule has 2 rings (SSSR count). The Morgan fingerprint density at radius 1 is 1.47 bits per heavy atom. The van der Waals surface area contributed by atoms with Crippen LogP contribution in [0, 0.1) is 0 Å². The zero-order valence-electron chi connectivity index (χ0n) is 8.78. The van der Waals surface area contributed by atoms with Crippen LogP contribution in [0.5, 0.6) is 0 Å². The molecule has 0 atom stereocenters. The van der Waals surface area contributed by atoms with Crippen LogP contribution in [0.3, 0.4) is 0 Å². The Kier molecular flexibility index (Phi) is 2.79. The summed E-state index contributed by atoms with van der Waals surface area (Å²) in [6.07, 6.45) is 0.153. The Balaban J connectivity index is 2.27. The molecule has 0 saturated carbocycles. The average molecular weight is 240 g/mol. The molecule has 0 fully saturated rings. The third kappa shape index (κ3) is 2.41. The van der Waals surface area contributed by atoms with Crippen molar-refractivity contribution in [3.63, 3.8) is 0 Å². The lowest BCUT2D eigenvalue weighted by Crippen LogP contribution is -2.15. The Hall–Kier alpha value is -1.98. The van der Waals surface area contributed by atoms with E-state index in [2.05, 4.69) is 9.97 Å². The monoisotopic (exact) mass is 240 g/mol. The van der Waals surface area contributed by atoms with Crippen LogP contribution >= 0.6 is 0 Å². The number of aliphatic carboxylic acids is 1. The number of fused-ring (bicyclic) bond motifs is 1. The molecule has 1 heterocycles. The van der Waals surface area contributed by atoms with E-state index in [1.54, 1.807) is 0 Å². The van der Waals surface area contributed by atoms with Crippen LogP contribution in [-0.2, 0) is 10.7 Å². The summed E-state index contributed by atoms with van der Waals surface area (Å²) < 4.78 is 27.3. The van der Waals surface area contributed by atoms with Crippen LogP contribution in [0.1, 0.15) is 18.4 Å². The second-order valence-electron chi connectivity index (χ2n) is 3.73. The van der Waals surface area contributed by atoms with E-state index >= 15 is 0 Å². The molecular weight excluding hydrogens is 230 g/mol.